The van der Waals surface area contributed by atoms with Crippen LogP contribution in [-0.4, -0.2) is 35.8 Å². The molecule has 0 spiro atoms. The van der Waals surface area contributed by atoms with Gasteiger partial charge in [0.15, 0.2) is 0 Å². The van der Waals surface area contributed by atoms with Gasteiger partial charge in [-0.2, -0.15) is 0 Å². The lowest BCUT2D eigenvalue weighted by atomic mass is 10.00. The van der Waals surface area contributed by atoms with E-state index < -0.39 is 0 Å². The summed E-state index contributed by atoms with van der Waals surface area (Å²) in [4.78, 5) is 25.2. The topological polar surface area (TPSA) is 49.4 Å². The third kappa shape index (κ3) is 2.75. The molecule has 4 heteroatoms. The van der Waals surface area contributed by atoms with Crippen molar-refractivity contribution in [1.29, 1.82) is 0 Å². The molecule has 0 unspecified atom stereocenters. The summed E-state index contributed by atoms with van der Waals surface area (Å²) >= 11 is 0. The Bertz CT molecular complexity index is 372. The summed E-state index contributed by atoms with van der Waals surface area (Å²) in [6.07, 6.45) is 3.25. The van der Waals surface area contributed by atoms with Crippen molar-refractivity contribution >= 4 is 11.8 Å². The molecule has 0 aromatic rings. The lowest BCUT2D eigenvalue weighted by Gasteiger charge is -2.23. The Kier molecular flexibility index (Phi) is 3.62. The minimum atomic E-state index is -0.164. The average Bonchev–Trinajstić information content (AvgIpc) is 2.52. The maximum Gasteiger partial charge on any atom is 0.254 e. The molecule has 0 saturated carbocycles. The Morgan fingerprint density at radius 3 is 2.53 bits per heavy atom. The van der Waals surface area contributed by atoms with Gasteiger partial charge in [0.05, 0.1) is 6.42 Å². The van der Waals surface area contributed by atoms with Crippen LogP contribution in [0, 0.1) is 0 Å². The Morgan fingerprint density at radius 1 is 1.18 bits per heavy atom. The second-order valence-electron chi connectivity index (χ2n) is 5.12. The van der Waals surface area contributed by atoms with Crippen LogP contribution in [0.2, 0.25) is 0 Å². The zero-order valence-electron chi connectivity index (χ0n) is 10.6. The molecule has 2 saturated heterocycles. The lowest BCUT2D eigenvalue weighted by Crippen LogP contribution is -2.31. The van der Waals surface area contributed by atoms with Crippen LogP contribution in [0.25, 0.3) is 0 Å². The number of carbonyl (C=O) groups excluding carboxylic acids is 2. The number of imide groups is 1. The standard InChI is InChI=1S/C13H20N2O2/c1-9(2)15-6-3-4-10(5-7-15)11-8-12(16)14-13(11)17/h9H,3-8H2,1-2H3,(H,14,16,17). The van der Waals surface area contributed by atoms with Crippen molar-refractivity contribution in [2.24, 2.45) is 0 Å². The fraction of sp³-hybridized carbons (Fsp3) is 0.692. The summed E-state index contributed by atoms with van der Waals surface area (Å²) in [6, 6.07) is 0.554. The van der Waals surface area contributed by atoms with Gasteiger partial charge >= 0.3 is 0 Å². The van der Waals surface area contributed by atoms with Crippen LogP contribution in [0.3, 0.4) is 0 Å². The second-order valence-corrected chi connectivity index (χ2v) is 5.12. The van der Waals surface area contributed by atoms with Gasteiger partial charge in [-0.05, 0) is 39.7 Å². The molecular weight excluding hydrogens is 216 g/mol. The second kappa shape index (κ2) is 5.00. The monoisotopic (exact) mass is 236 g/mol. The van der Waals surface area contributed by atoms with E-state index in [2.05, 4.69) is 24.1 Å². The van der Waals surface area contributed by atoms with Crippen molar-refractivity contribution in [1.82, 2.24) is 10.2 Å². The highest BCUT2D eigenvalue weighted by Crippen LogP contribution is 2.25. The van der Waals surface area contributed by atoms with Gasteiger partial charge in [0, 0.05) is 18.2 Å². The SMILES string of the molecule is CC(C)N1CCCC(=C2CC(=O)NC2=O)CC1. The van der Waals surface area contributed by atoms with Crippen LogP contribution in [0.5, 0.6) is 0 Å². The van der Waals surface area contributed by atoms with Crippen LogP contribution < -0.4 is 5.32 Å². The predicted octanol–water partition coefficient (Wildman–Crippen LogP) is 1.22. The van der Waals surface area contributed by atoms with E-state index >= 15 is 0 Å². The molecule has 17 heavy (non-hydrogen) atoms. The van der Waals surface area contributed by atoms with Gasteiger partial charge in [-0.15, -0.1) is 0 Å². The minimum Gasteiger partial charge on any atom is -0.301 e. The molecule has 2 aliphatic heterocycles. The van der Waals surface area contributed by atoms with Gasteiger partial charge in [0.2, 0.25) is 5.91 Å². The summed E-state index contributed by atoms with van der Waals surface area (Å²) in [5.41, 5.74) is 1.93. The number of hydrogen-bond acceptors (Lipinski definition) is 3. The van der Waals surface area contributed by atoms with Crippen molar-refractivity contribution < 1.29 is 9.59 Å². The maximum atomic E-state index is 11.6. The number of nitrogens with zero attached hydrogens (tertiary/aromatic N) is 1. The molecule has 0 aromatic heterocycles. The molecule has 2 fully saturated rings. The zero-order valence-corrected chi connectivity index (χ0v) is 10.6. The summed E-state index contributed by atoms with van der Waals surface area (Å²) in [5.74, 6) is -0.314. The van der Waals surface area contributed by atoms with Gasteiger partial charge in [0.1, 0.15) is 0 Å². The van der Waals surface area contributed by atoms with Gasteiger partial charge in [-0.25, -0.2) is 0 Å². The van der Waals surface area contributed by atoms with E-state index in [0.29, 0.717) is 6.04 Å². The van der Waals surface area contributed by atoms with E-state index in [4.69, 9.17) is 0 Å². The van der Waals surface area contributed by atoms with E-state index in [0.717, 1.165) is 37.9 Å². The fourth-order valence-electron chi connectivity index (χ4n) is 2.60. The zero-order chi connectivity index (χ0) is 12.4. The third-order valence-corrected chi connectivity index (χ3v) is 3.65. The van der Waals surface area contributed by atoms with Gasteiger partial charge in [0.25, 0.3) is 5.91 Å². The van der Waals surface area contributed by atoms with Crippen LogP contribution in [-0.2, 0) is 9.59 Å². The number of nitrogens with one attached hydrogen (secondary N) is 1. The van der Waals surface area contributed by atoms with Crippen molar-refractivity contribution in [2.75, 3.05) is 13.1 Å². The van der Waals surface area contributed by atoms with Crippen LogP contribution in [0.4, 0.5) is 0 Å². The maximum absolute atomic E-state index is 11.6. The van der Waals surface area contributed by atoms with Gasteiger partial charge in [-0.1, -0.05) is 5.57 Å². The third-order valence-electron chi connectivity index (χ3n) is 3.65. The molecule has 2 aliphatic rings. The molecule has 0 radical (unpaired) electrons. The normalized spacial score (nSPS) is 27.5. The summed E-state index contributed by atoms with van der Waals surface area (Å²) in [5, 5.41) is 2.37. The first-order chi connectivity index (χ1) is 8.08. The van der Waals surface area contributed by atoms with E-state index in [1.165, 1.54) is 5.57 Å². The van der Waals surface area contributed by atoms with E-state index in [-0.39, 0.29) is 18.2 Å². The number of amides is 2. The molecule has 0 aromatic carbocycles. The van der Waals surface area contributed by atoms with Gasteiger partial charge in [-0.3, -0.25) is 14.9 Å². The number of likely N-dealkylation sites (tertiary alicyclic amines) is 1. The highest BCUT2D eigenvalue weighted by molar-refractivity contribution is 6.13. The van der Waals surface area contributed by atoms with Crippen molar-refractivity contribution in [3.05, 3.63) is 11.1 Å². The lowest BCUT2D eigenvalue weighted by molar-refractivity contribution is -0.124. The van der Waals surface area contributed by atoms with Crippen molar-refractivity contribution in [3.8, 4) is 0 Å². The first kappa shape index (κ1) is 12.3. The summed E-state index contributed by atoms with van der Waals surface area (Å²) in [6.45, 7) is 6.48. The highest BCUT2D eigenvalue weighted by atomic mass is 16.2. The predicted molar refractivity (Wildman–Crippen MR) is 65.4 cm³/mol. The quantitative estimate of drug-likeness (QED) is 0.550. The molecule has 1 N–H and O–H groups in total. The Morgan fingerprint density at radius 2 is 1.94 bits per heavy atom. The molecule has 4 nitrogen and oxygen atoms in total. The Balaban J connectivity index is 2.10. The fourth-order valence-corrected chi connectivity index (χ4v) is 2.60. The van der Waals surface area contributed by atoms with Crippen LogP contribution >= 0.6 is 0 Å². The molecule has 2 amide bonds. The number of rotatable bonds is 1. The smallest absolute Gasteiger partial charge is 0.254 e. The Labute approximate surface area is 102 Å². The Hall–Kier alpha value is -1.16. The minimum absolute atomic E-state index is 0.150. The van der Waals surface area contributed by atoms with Gasteiger partial charge < -0.3 is 4.90 Å². The molecule has 0 aliphatic carbocycles. The summed E-state index contributed by atoms with van der Waals surface area (Å²) in [7, 11) is 0. The highest BCUT2D eigenvalue weighted by Gasteiger charge is 2.28. The van der Waals surface area contributed by atoms with Crippen molar-refractivity contribution in [2.45, 2.75) is 45.6 Å². The van der Waals surface area contributed by atoms with Crippen LogP contribution in [0.1, 0.15) is 39.5 Å². The van der Waals surface area contributed by atoms with E-state index in [1.54, 1.807) is 0 Å². The summed E-state index contributed by atoms with van der Waals surface area (Å²) < 4.78 is 0. The largest absolute Gasteiger partial charge is 0.301 e. The molecule has 2 rings (SSSR count). The molecule has 0 bridgehead atoms. The molecule has 0 atom stereocenters. The average molecular weight is 236 g/mol. The van der Waals surface area contributed by atoms with E-state index in [9.17, 15) is 9.59 Å². The first-order valence-electron chi connectivity index (χ1n) is 6.37. The molecular formula is C13H20N2O2. The number of carbonyl (C=O) groups is 2. The van der Waals surface area contributed by atoms with Crippen LogP contribution in [0.15, 0.2) is 11.1 Å². The molecule has 94 valence electrons. The van der Waals surface area contributed by atoms with E-state index in [1.807, 2.05) is 0 Å². The molecule has 2 heterocycles. The first-order valence-corrected chi connectivity index (χ1v) is 6.37. The number of hydrogen-bond donors (Lipinski definition) is 1. The van der Waals surface area contributed by atoms with Crippen molar-refractivity contribution in [3.63, 3.8) is 0 Å².